The highest BCUT2D eigenvalue weighted by atomic mass is 35.5. The Labute approximate surface area is 166 Å². The maximum Gasteiger partial charge on any atom is 0.432 e. The van der Waals surface area contributed by atoms with Gasteiger partial charge in [-0.3, -0.25) is 19.1 Å². The zero-order valence-corrected chi connectivity index (χ0v) is 16.7. The van der Waals surface area contributed by atoms with Gasteiger partial charge in [-0.2, -0.15) is 25.9 Å². The summed E-state index contributed by atoms with van der Waals surface area (Å²) in [6, 6.07) is 2.88. The third-order valence-electron chi connectivity index (χ3n) is 3.79. The van der Waals surface area contributed by atoms with E-state index in [2.05, 4.69) is 0 Å². The Kier molecular flexibility index (Phi) is 5.97. The average molecular weight is 455 g/mol. The average Bonchev–Trinajstić information content (AvgIpc) is 2.56. The SMILES string of the molecule is CN(C)S(=O)(=O)NC(=O)c1cc(-c2c(C(F)(F)F)n(C)c(=O)[nH]c2=O)ccc1Cl. The zero-order chi connectivity index (χ0) is 22.3. The second kappa shape index (κ2) is 7.65. The second-order valence-corrected chi connectivity index (χ2v) is 8.24. The third kappa shape index (κ3) is 4.52. The summed E-state index contributed by atoms with van der Waals surface area (Å²) in [7, 11) is -1.10. The van der Waals surface area contributed by atoms with Crippen molar-refractivity contribution in [3.8, 4) is 11.1 Å². The van der Waals surface area contributed by atoms with Crippen LogP contribution in [0.15, 0.2) is 27.8 Å². The van der Waals surface area contributed by atoms with Gasteiger partial charge in [-0.25, -0.2) is 9.52 Å². The first kappa shape index (κ1) is 22.6. The quantitative estimate of drug-likeness (QED) is 0.712. The minimum atomic E-state index is -5.08. The molecule has 0 radical (unpaired) electrons. The van der Waals surface area contributed by atoms with Gasteiger partial charge in [0.1, 0.15) is 5.69 Å². The summed E-state index contributed by atoms with van der Waals surface area (Å²) in [6.07, 6.45) is -5.08. The molecule has 0 aliphatic rings. The van der Waals surface area contributed by atoms with Gasteiger partial charge >= 0.3 is 22.1 Å². The van der Waals surface area contributed by atoms with E-state index in [1.54, 1.807) is 9.71 Å². The number of carbonyl (C=O) groups excluding carboxylic acids is 1. The number of H-pyrrole nitrogens is 1. The maximum atomic E-state index is 13.5. The van der Waals surface area contributed by atoms with Crippen LogP contribution in [-0.2, 0) is 23.4 Å². The third-order valence-corrected chi connectivity index (χ3v) is 5.53. The first-order valence-corrected chi connectivity index (χ1v) is 9.43. The molecular weight excluding hydrogens is 441 g/mol. The molecule has 0 unspecified atom stereocenters. The summed E-state index contributed by atoms with van der Waals surface area (Å²) in [4.78, 5) is 37.8. The van der Waals surface area contributed by atoms with Crippen LogP contribution >= 0.6 is 11.6 Å². The van der Waals surface area contributed by atoms with Gasteiger partial charge in [-0.15, -0.1) is 0 Å². The van der Waals surface area contributed by atoms with Gasteiger partial charge in [0.15, 0.2) is 0 Å². The van der Waals surface area contributed by atoms with Crippen LogP contribution in [0, 0.1) is 0 Å². The molecule has 9 nitrogen and oxygen atoms in total. The first-order chi connectivity index (χ1) is 13.2. The van der Waals surface area contributed by atoms with Gasteiger partial charge in [-0.1, -0.05) is 17.7 Å². The van der Waals surface area contributed by atoms with Crippen LogP contribution in [0.25, 0.3) is 11.1 Å². The van der Waals surface area contributed by atoms with Crippen LogP contribution in [0.2, 0.25) is 5.02 Å². The summed E-state index contributed by atoms with van der Waals surface area (Å²) in [5.74, 6) is -1.22. The lowest BCUT2D eigenvalue weighted by molar-refractivity contribution is -0.143. The minimum absolute atomic E-state index is 0.210. The Morgan fingerprint density at radius 1 is 1.24 bits per heavy atom. The number of halogens is 4. The van der Waals surface area contributed by atoms with Crippen LogP contribution in [0.1, 0.15) is 16.1 Å². The zero-order valence-electron chi connectivity index (χ0n) is 15.1. The van der Waals surface area contributed by atoms with Crippen molar-refractivity contribution in [2.24, 2.45) is 7.05 Å². The fraction of sp³-hybridized carbons (Fsp3) is 0.267. The van der Waals surface area contributed by atoms with Crippen LogP contribution in [0.4, 0.5) is 13.2 Å². The molecule has 0 saturated carbocycles. The Morgan fingerprint density at radius 3 is 2.34 bits per heavy atom. The number of hydrogen-bond donors (Lipinski definition) is 2. The standard InChI is InChI=1S/C15H14ClF3N4O5S/c1-22(2)29(27,28)21-12(24)8-6-7(4-5-9(8)16)10-11(15(17,18)19)23(3)14(26)20-13(10)25/h4-6H,1-3H3,(H,21,24)(H,20,25,26). The van der Waals surface area contributed by atoms with Crippen LogP contribution in [0.5, 0.6) is 0 Å². The van der Waals surface area contributed by atoms with E-state index < -0.39 is 55.9 Å². The molecule has 0 atom stereocenters. The van der Waals surface area contributed by atoms with Crippen molar-refractivity contribution in [1.82, 2.24) is 18.6 Å². The smallest absolute Gasteiger partial charge is 0.292 e. The van der Waals surface area contributed by atoms with Gasteiger partial charge in [0, 0.05) is 21.1 Å². The van der Waals surface area contributed by atoms with E-state index in [1.165, 1.54) is 0 Å². The Balaban J connectivity index is 2.74. The molecule has 158 valence electrons. The van der Waals surface area contributed by atoms with E-state index in [9.17, 15) is 36.0 Å². The van der Waals surface area contributed by atoms with Crippen molar-refractivity contribution < 1.29 is 26.4 Å². The highest BCUT2D eigenvalue weighted by Crippen LogP contribution is 2.35. The lowest BCUT2D eigenvalue weighted by Gasteiger charge is -2.17. The van der Waals surface area contributed by atoms with Gasteiger partial charge in [0.25, 0.3) is 11.5 Å². The molecule has 1 aromatic carbocycles. The lowest BCUT2D eigenvalue weighted by atomic mass is 10.0. The van der Waals surface area contributed by atoms with E-state index >= 15 is 0 Å². The number of alkyl halides is 3. The van der Waals surface area contributed by atoms with E-state index in [0.29, 0.717) is 4.31 Å². The van der Waals surface area contributed by atoms with Crippen molar-refractivity contribution in [3.05, 3.63) is 55.3 Å². The number of aromatic amines is 1. The molecule has 29 heavy (non-hydrogen) atoms. The van der Waals surface area contributed by atoms with E-state index in [1.807, 2.05) is 0 Å². The molecule has 0 bridgehead atoms. The number of hydrogen-bond acceptors (Lipinski definition) is 5. The van der Waals surface area contributed by atoms with E-state index in [-0.39, 0.29) is 9.59 Å². The second-order valence-electron chi connectivity index (χ2n) is 5.95. The van der Waals surface area contributed by atoms with Crippen LogP contribution < -0.4 is 16.0 Å². The maximum absolute atomic E-state index is 13.5. The van der Waals surface area contributed by atoms with Gasteiger partial charge in [0.05, 0.1) is 16.1 Å². The Morgan fingerprint density at radius 2 is 1.83 bits per heavy atom. The van der Waals surface area contributed by atoms with Crippen molar-refractivity contribution in [3.63, 3.8) is 0 Å². The number of benzene rings is 1. The highest BCUT2D eigenvalue weighted by molar-refractivity contribution is 7.87. The molecule has 2 rings (SSSR count). The lowest BCUT2D eigenvalue weighted by Crippen LogP contribution is -2.39. The predicted molar refractivity (Wildman–Crippen MR) is 97.8 cm³/mol. The Bertz CT molecular complexity index is 1200. The summed E-state index contributed by atoms with van der Waals surface area (Å²) < 4.78 is 66.7. The summed E-state index contributed by atoms with van der Waals surface area (Å²) >= 11 is 5.88. The Hall–Kier alpha value is -2.64. The van der Waals surface area contributed by atoms with E-state index in [4.69, 9.17) is 11.6 Å². The fourth-order valence-corrected chi connectivity index (χ4v) is 3.07. The topological polar surface area (TPSA) is 121 Å². The molecule has 0 saturated heterocycles. The molecule has 0 aliphatic carbocycles. The number of aromatic nitrogens is 2. The van der Waals surface area contributed by atoms with Crippen molar-refractivity contribution in [2.45, 2.75) is 6.18 Å². The molecule has 0 spiro atoms. The van der Waals surface area contributed by atoms with Crippen molar-refractivity contribution in [2.75, 3.05) is 14.1 Å². The van der Waals surface area contributed by atoms with Crippen molar-refractivity contribution in [1.29, 1.82) is 0 Å². The van der Waals surface area contributed by atoms with Gasteiger partial charge in [-0.05, 0) is 17.7 Å². The number of nitrogens with one attached hydrogen (secondary N) is 2. The molecule has 2 aromatic rings. The van der Waals surface area contributed by atoms with Gasteiger partial charge < -0.3 is 0 Å². The highest BCUT2D eigenvalue weighted by Gasteiger charge is 2.38. The van der Waals surface area contributed by atoms with Crippen LogP contribution in [0.3, 0.4) is 0 Å². The normalized spacial score (nSPS) is 12.3. The molecule has 1 heterocycles. The molecular formula is C15H14ClF3N4O5S. The number of carbonyl (C=O) groups is 1. The predicted octanol–water partition coefficient (Wildman–Crippen LogP) is 0.949. The molecule has 1 amide bonds. The van der Waals surface area contributed by atoms with Gasteiger partial charge in [0.2, 0.25) is 0 Å². The number of rotatable bonds is 4. The number of nitrogens with zero attached hydrogens (tertiary/aromatic N) is 2. The van der Waals surface area contributed by atoms with Crippen LogP contribution in [-0.4, -0.2) is 42.3 Å². The molecule has 14 heteroatoms. The van der Waals surface area contributed by atoms with E-state index in [0.717, 1.165) is 39.3 Å². The summed E-state index contributed by atoms with van der Waals surface area (Å²) in [6.45, 7) is 0. The largest absolute Gasteiger partial charge is 0.432 e. The summed E-state index contributed by atoms with van der Waals surface area (Å²) in [5.41, 5.74) is -5.98. The number of amides is 1. The first-order valence-electron chi connectivity index (χ1n) is 7.62. The molecule has 2 N–H and O–H groups in total. The fourth-order valence-electron chi connectivity index (χ4n) is 2.34. The molecule has 0 fully saturated rings. The minimum Gasteiger partial charge on any atom is -0.292 e. The monoisotopic (exact) mass is 454 g/mol. The molecule has 0 aliphatic heterocycles. The van der Waals surface area contributed by atoms with Crippen molar-refractivity contribution >= 4 is 27.7 Å². The summed E-state index contributed by atoms with van der Waals surface area (Å²) in [5, 5.41) is -0.269. The molecule has 1 aromatic heterocycles.